The van der Waals surface area contributed by atoms with E-state index in [1.165, 1.54) is 35.3 Å². The van der Waals surface area contributed by atoms with Crippen LogP contribution in [0.1, 0.15) is 57.4 Å². The molecule has 0 bridgehead atoms. The van der Waals surface area contributed by atoms with Gasteiger partial charge in [0.1, 0.15) is 5.58 Å². The van der Waals surface area contributed by atoms with Crippen molar-refractivity contribution in [3.05, 3.63) is 57.0 Å². The fraction of sp³-hybridized carbons (Fsp3) is 0.435. The molecule has 1 atom stereocenters. The van der Waals surface area contributed by atoms with Crippen molar-refractivity contribution in [3.8, 4) is 0 Å². The maximum absolute atomic E-state index is 12.9. The van der Waals surface area contributed by atoms with Crippen molar-refractivity contribution >= 4 is 28.2 Å². The maximum atomic E-state index is 12.9. The van der Waals surface area contributed by atoms with Crippen LogP contribution in [0.2, 0.25) is 0 Å². The number of carbonyl (C=O) groups is 1. The summed E-state index contributed by atoms with van der Waals surface area (Å²) in [4.78, 5) is 16.8. The third-order valence-electron chi connectivity index (χ3n) is 5.92. The zero-order valence-electron chi connectivity index (χ0n) is 16.9. The average Bonchev–Trinajstić information content (AvgIpc) is 3.33. The number of rotatable bonds is 5. The van der Waals surface area contributed by atoms with E-state index < -0.39 is 0 Å². The summed E-state index contributed by atoms with van der Waals surface area (Å²) in [5.41, 5.74) is 4.10. The molecule has 3 aromatic rings. The first-order valence-corrected chi connectivity index (χ1v) is 11.0. The zero-order chi connectivity index (χ0) is 19.7. The van der Waals surface area contributed by atoms with E-state index in [4.69, 9.17) is 4.42 Å². The Balaban J connectivity index is 1.53. The number of hydrogen-bond acceptors (Lipinski definition) is 4. The lowest BCUT2D eigenvalue weighted by Gasteiger charge is -2.34. The first kappa shape index (κ1) is 19.2. The number of furan rings is 1. The molecule has 28 heavy (non-hydrogen) atoms. The van der Waals surface area contributed by atoms with E-state index in [2.05, 4.69) is 47.6 Å². The summed E-state index contributed by atoms with van der Waals surface area (Å²) in [5.74, 6) is 0.311. The average molecular weight is 397 g/mol. The highest BCUT2D eigenvalue weighted by atomic mass is 32.1. The Morgan fingerprint density at radius 3 is 2.64 bits per heavy atom. The molecule has 1 amide bonds. The molecule has 1 fully saturated rings. The number of nitrogens with zero attached hydrogens (tertiary/aromatic N) is 1. The van der Waals surface area contributed by atoms with E-state index in [9.17, 15) is 4.79 Å². The second-order valence-electron chi connectivity index (χ2n) is 7.83. The van der Waals surface area contributed by atoms with Crippen LogP contribution >= 0.6 is 11.3 Å². The minimum Gasteiger partial charge on any atom is -0.451 e. The summed E-state index contributed by atoms with van der Waals surface area (Å²) in [7, 11) is 0. The van der Waals surface area contributed by atoms with Gasteiger partial charge in [-0.25, -0.2) is 0 Å². The van der Waals surface area contributed by atoms with E-state index in [1.807, 2.05) is 13.0 Å². The Morgan fingerprint density at radius 1 is 1.18 bits per heavy atom. The van der Waals surface area contributed by atoms with Crippen LogP contribution in [0.15, 0.2) is 34.1 Å². The van der Waals surface area contributed by atoms with Crippen LogP contribution in [0.4, 0.5) is 0 Å². The lowest BCUT2D eigenvalue weighted by atomic mass is 10.0. The smallest absolute Gasteiger partial charge is 0.287 e. The molecule has 2 aromatic heterocycles. The molecule has 0 radical (unpaired) electrons. The van der Waals surface area contributed by atoms with Crippen LogP contribution in [-0.4, -0.2) is 30.4 Å². The fourth-order valence-corrected chi connectivity index (χ4v) is 4.94. The number of nitrogens with one attached hydrogen (secondary N) is 1. The summed E-state index contributed by atoms with van der Waals surface area (Å²) in [6.45, 7) is 8.92. The van der Waals surface area contributed by atoms with Crippen molar-refractivity contribution in [2.45, 2.75) is 46.1 Å². The first-order valence-electron chi connectivity index (χ1n) is 10.1. The van der Waals surface area contributed by atoms with Gasteiger partial charge in [-0.05, 0) is 81.4 Å². The van der Waals surface area contributed by atoms with Gasteiger partial charge in [-0.3, -0.25) is 9.69 Å². The number of piperidine rings is 1. The fourth-order valence-electron chi connectivity index (χ4n) is 4.08. The molecule has 4 nitrogen and oxygen atoms in total. The molecule has 1 unspecified atom stereocenters. The Kier molecular flexibility index (Phi) is 5.56. The van der Waals surface area contributed by atoms with Gasteiger partial charge in [0.15, 0.2) is 5.76 Å². The number of amides is 1. The monoisotopic (exact) mass is 396 g/mol. The van der Waals surface area contributed by atoms with Gasteiger partial charge < -0.3 is 9.73 Å². The largest absolute Gasteiger partial charge is 0.451 e. The molecule has 3 heterocycles. The van der Waals surface area contributed by atoms with Crippen LogP contribution in [0.5, 0.6) is 0 Å². The molecule has 148 valence electrons. The Morgan fingerprint density at radius 2 is 1.93 bits per heavy atom. The van der Waals surface area contributed by atoms with E-state index >= 15 is 0 Å². The van der Waals surface area contributed by atoms with Crippen LogP contribution in [0.25, 0.3) is 11.0 Å². The Hall–Kier alpha value is -2.11. The minimum absolute atomic E-state index is 0.123. The Bertz CT molecular complexity index is 968. The summed E-state index contributed by atoms with van der Waals surface area (Å²) in [6.07, 6.45) is 3.77. The molecule has 1 aliphatic heterocycles. The van der Waals surface area contributed by atoms with E-state index in [1.54, 1.807) is 11.3 Å². The van der Waals surface area contributed by atoms with Gasteiger partial charge in [-0.2, -0.15) is 0 Å². The van der Waals surface area contributed by atoms with Gasteiger partial charge in [0.2, 0.25) is 0 Å². The Labute approximate surface area is 170 Å². The predicted molar refractivity (Wildman–Crippen MR) is 115 cm³/mol. The van der Waals surface area contributed by atoms with Gasteiger partial charge in [0.25, 0.3) is 5.91 Å². The topological polar surface area (TPSA) is 45.5 Å². The van der Waals surface area contributed by atoms with E-state index in [0.29, 0.717) is 12.3 Å². The standard InChI is InChI=1S/C23H28N2O2S/c1-15-12-18-17(3)22(27-20(18)13-16(15)2)23(26)24-14-19(21-8-7-11-28-21)25-9-5-4-6-10-25/h7-8,11-13,19H,4-6,9-10,14H2,1-3H3,(H,24,26). The van der Waals surface area contributed by atoms with Crippen molar-refractivity contribution < 1.29 is 9.21 Å². The van der Waals surface area contributed by atoms with Gasteiger partial charge in [-0.15, -0.1) is 11.3 Å². The normalized spacial score (nSPS) is 16.4. The second kappa shape index (κ2) is 8.10. The number of benzene rings is 1. The number of likely N-dealkylation sites (tertiary alicyclic amines) is 1. The third-order valence-corrected chi connectivity index (χ3v) is 6.89. The van der Waals surface area contributed by atoms with Crippen molar-refractivity contribution in [3.63, 3.8) is 0 Å². The number of fused-ring (bicyclic) bond motifs is 1. The van der Waals surface area contributed by atoms with Crippen LogP contribution in [-0.2, 0) is 0 Å². The molecule has 1 aromatic carbocycles. The van der Waals surface area contributed by atoms with Crippen molar-refractivity contribution in [2.75, 3.05) is 19.6 Å². The lowest BCUT2D eigenvalue weighted by Crippen LogP contribution is -2.40. The van der Waals surface area contributed by atoms with E-state index in [0.717, 1.165) is 29.6 Å². The minimum atomic E-state index is -0.123. The number of thiophene rings is 1. The summed E-state index contributed by atoms with van der Waals surface area (Å²) in [6, 6.07) is 8.64. The van der Waals surface area contributed by atoms with Crippen LogP contribution < -0.4 is 5.32 Å². The number of carbonyl (C=O) groups excluding carboxylic acids is 1. The molecular formula is C23H28N2O2S. The third kappa shape index (κ3) is 3.74. The lowest BCUT2D eigenvalue weighted by molar-refractivity contribution is 0.0899. The first-order chi connectivity index (χ1) is 13.5. The predicted octanol–water partition coefficient (Wildman–Crippen LogP) is 5.38. The number of hydrogen-bond donors (Lipinski definition) is 1. The number of aryl methyl sites for hydroxylation is 3. The van der Waals surface area contributed by atoms with Gasteiger partial charge >= 0.3 is 0 Å². The highest BCUT2D eigenvalue weighted by Crippen LogP contribution is 2.29. The maximum Gasteiger partial charge on any atom is 0.287 e. The molecule has 5 heteroatoms. The zero-order valence-corrected chi connectivity index (χ0v) is 17.7. The second-order valence-corrected chi connectivity index (χ2v) is 8.81. The molecule has 1 N–H and O–H groups in total. The highest BCUT2D eigenvalue weighted by molar-refractivity contribution is 7.10. The summed E-state index contributed by atoms with van der Waals surface area (Å²) in [5, 5.41) is 6.29. The highest BCUT2D eigenvalue weighted by Gasteiger charge is 2.25. The molecular weight excluding hydrogens is 368 g/mol. The van der Waals surface area contributed by atoms with Crippen LogP contribution in [0.3, 0.4) is 0 Å². The molecule has 4 rings (SSSR count). The molecule has 0 spiro atoms. The SMILES string of the molecule is Cc1cc2oc(C(=O)NCC(c3cccs3)N3CCCCC3)c(C)c2cc1C. The molecule has 1 saturated heterocycles. The van der Waals surface area contributed by atoms with Gasteiger partial charge in [0, 0.05) is 22.4 Å². The quantitative estimate of drug-likeness (QED) is 0.630. The van der Waals surface area contributed by atoms with Crippen LogP contribution in [0, 0.1) is 20.8 Å². The van der Waals surface area contributed by atoms with E-state index in [-0.39, 0.29) is 11.9 Å². The molecule has 0 saturated carbocycles. The molecule has 0 aliphatic carbocycles. The summed E-state index contributed by atoms with van der Waals surface area (Å²) < 4.78 is 5.94. The van der Waals surface area contributed by atoms with Crippen molar-refractivity contribution in [1.29, 1.82) is 0 Å². The molecule has 1 aliphatic rings. The summed E-state index contributed by atoms with van der Waals surface area (Å²) >= 11 is 1.77. The van der Waals surface area contributed by atoms with Gasteiger partial charge in [-0.1, -0.05) is 12.5 Å². The van der Waals surface area contributed by atoms with Gasteiger partial charge in [0.05, 0.1) is 6.04 Å². The van der Waals surface area contributed by atoms with Crippen molar-refractivity contribution in [2.24, 2.45) is 0 Å². The van der Waals surface area contributed by atoms with Crippen molar-refractivity contribution in [1.82, 2.24) is 10.2 Å².